The molecule has 0 aromatic heterocycles. The molecule has 0 bridgehead atoms. The van der Waals surface area contributed by atoms with E-state index >= 15 is 0 Å². The van der Waals surface area contributed by atoms with Gasteiger partial charge in [-0.2, -0.15) is 0 Å². The lowest BCUT2D eigenvalue weighted by Gasteiger charge is -2.31. The third-order valence-corrected chi connectivity index (χ3v) is 6.73. The maximum Gasteiger partial charge on any atom is 0.242 e. The summed E-state index contributed by atoms with van der Waals surface area (Å²) < 4.78 is 0. The summed E-state index contributed by atoms with van der Waals surface area (Å²) >= 11 is 18.6. The van der Waals surface area contributed by atoms with Crippen LogP contribution in [-0.4, -0.2) is 28.8 Å². The Bertz CT molecular complexity index is 891. The van der Waals surface area contributed by atoms with Crippen LogP contribution < -0.4 is 5.32 Å². The Hall–Kier alpha value is -1.75. The summed E-state index contributed by atoms with van der Waals surface area (Å²) in [5.74, 6) is -0.351. The third-order valence-electron chi connectivity index (χ3n) is 5.77. The van der Waals surface area contributed by atoms with Gasteiger partial charge in [0.2, 0.25) is 11.8 Å². The number of benzene rings is 2. The van der Waals surface area contributed by atoms with Gasteiger partial charge in [0.1, 0.15) is 6.04 Å². The Morgan fingerprint density at radius 2 is 1.61 bits per heavy atom. The minimum Gasteiger partial charge on any atom is -0.352 e. The van der Waals surface area contributed by atoms with Crippen LogP contribution in [0.5, 0.6) is 0 Å². The summed E-state index contributed by atoms with van der Waals surface area (Å²) in [5.41, 5.74) is 1.46. The van der Waals surface area contributed by atoms with Crippen molar-refractivity contribution in [2.45, 2.75) is 64.1 Å². The fourth-order valence-corrected chi connectivity index (χ4v) is 4.55. The van der Waals surface area contributed by atoms with Crippen molar-refractivity contribution in [1.29, 1.82) is 0 Å². The molecule has 31 heavy (non-hydrogen) atoms. The fraction of sp³-hybridized carbons (Fsp3) is 0.417. The molecule has 1 fully saturated rings. The van der Waals surface area contributed by atoms with Crippen LogP contribution in [-0.2, 0) is 22.6 Å². The largest absolute Gasteiger partial charge is 0.352 e. The lowest BCUT2D eigenvalue weighted by molar-refractivity contribution is -0.140. The van der Waals surface area contributed by atoms with E-state index in [1.165, 1.54) is 6.42 Å². The number of carbonyl (C=O) groups is 2. The van der Waals surface area contributed by atoms with Gasteiger partial charge in [0.15, 0.2) is 0 Å². The molecule has 0 aliphatic heterocycles. The monoisotopic (exact) mass is 480 g/mol. The number of carbonyl (C=O) groups excluding carboxylic acids is 2. The minimum atomic E-state index is -0.633. The van der Waals surface area contributed by atoms with E-state index in [-0.39, 0.29) is 30.8 Å². The zero-order chi connectivity index (χ0) is 22.4. The van der Waals surface area contributed by atoms with Crippen LogP contribution in [0.4, 0.5) is 0 Å². The zero-order valence-corrected chi connectivity index (χ0v) is 19.8. The van der Waals surface area contributed by atoms with Crippen LogP contribution in [0.3, 0.4) is 0 Å². The molecular weight excluding hydrogens is 455 g/mol. The van der Waals surface area contributed by atoms with Crippen molar-refractivity contribution >= 4 is 46.6 Å². The van der Waals surface area contributed by atoms with Gasteiger partial charge in [-0.1, -0.05) is 72.3 Å². The second-order valence-corrected chi connectivity index (χ2v) is 9.30. The van der Waals surface area contributed by atoms with Crippen LogP contribution in [0.2, 0.25) is 15.1 Å². The van der Waals surface area contributed by atoms with Gasteiger partial charge >= 0.3 is 0 Å². The predicted octanol–water partition coefficient (Wildman–Crippen LogP) is 6.06. The highest BCUT2D eigenvalue weighted by Gasteiger charge is 2.28. The molecule has 7 heteroatoms. The maximum atomic E-state index is 13.3. The molecule has 0 radical (unpaired) electrons. The van der Waals surface area contributed by atoms with E-state index in [0.29, 0.717) is 20.6 Å². The molecule has 4 nitrogen and oxygen atoms in total. The number of hydrogen-bond acceptors (Lipinski definition) is 2. The number of halogens is 3. The Labute approximate surface area is 198 Å². The Kier molecular flexibility index (Phi) is 8.65. The molecule has 2 aromatic carbocycles. The van der Waals surface area contributed by atoms with Gasteiger partial charge in [-0.15, -0.1) is 0 Å². The first-order valence-corrected chi connectivity index (χ1v) is 11.8. The lowest BCUT2D eigenvalue weighted by Crippen LogP contribution is -2.50. The number of nitrogens with zero attached hydrogens (tertiary/aromatic N) is 1. The van der Waals surface area contributed by atoms with Gasteiger partial charge in [0, 0.05) is 27.7 Å². The van der Waals surface area contributed by atoms with Crippen LogP contribution >= 0.6 is 34.8 Å². The van der Waals surface area contributed by atoms with Crippen LogP contribution in [0.25, 0.3) is 0 Å². The molecule has 3 rings (SSSR count). The first kappa shape index (κ1) is 23.9. The highest BCUT2D eigenvalue weighted by atomic mass is 35.5. The minimum absolute atomic E-state index is 0.0210. The van der Waals surface area contributed by atoms with E-state index in [1.54, 1.807) is 42.2 Å². The molecule has 1 aliphatic rings. The summed E-state index contributed by atoms with van der Waals surface area (Å²) in [6, 6.07) is 12.0. The maximum absolute atomic E-state index is 13.3. The Morgan fingerprint density at radius 1 is 1.00 bits per heavy atom. The average Bonchev–Trinajstić information content (AvgIpc) is 2.76. The van der Waals surface area contributed by atoms with Gasteiger partial charge < -0.3 is 10.2 Å². The van der Waals surface area contributed by atoms with E-state index in [0.717, 1.165) is 31.2 Å². The molecule has 1 aliphatic carbocycles. The normalized spacial score (nSPS) is 15.4. The van der Waals surface area contributed by atoms with Crippen LogP contribution in [0.15, 0.2) is 42.5 Å². The van der Waals surface area contributed by atoms with Crippen molar-refractivity contribution < 1.29 is 9.59 Å². The highest BCUT2D eigenvalue weighted by Crippen LogP contribution is 2.26. The third kappa shape index (κ3) is 6.61. The quantitative estimate of drug-likeness (QED) is 0.523. The first-order chi connectivity index (χ1) is 14.8. The average molecular weight is 482 g/mol. The molecule has 1 N–H and O–H groups in total. The first-order valence-electron chi connectivity index (χ1n) is 10.6. The van der Waals surface area contributed by atoms with Crippen LogP contribution in [0, 0.1) is 0 Å². The van der Waals surface area contributed by atoms with E-state index < -0.39 is 6.04 Å². The molecular formula is C24H27Cl3N2O2. The highest BCUT2D eigenvalue weighted by molar-refractivity contribution is 6.36. The molecule has 0 heterocycles. The molecule has 1 atom stereocenters. The summed E-state index contributed by atoms with van der Waals surface area (Å²) in [4.78, 5) is 27.9. The van der Waals surface area contributed by atoms with Gasteiger partial charge in [-0.25, -0.2) is 0 Å². The molecule has 1 saturated carbocycles. The molecule has 166 valence electrons. The second-order valence-electron chi connectivity index (χ2n) is 8.04. The number of hydrogen-bond donors (Lipinski definition) is 1. The molecule has 2 aromatic rings. The van der Waals surface area contributed by atoms with E-state index in [9.17, 15) is 9.59 Å². The SMILES string of the molecule is CC(C(=O)NC1CCCCC1)N(Cc1ccc(Cl)cc1)C(=O)Cc1c(Cl)cccc1Cl. The lowest BCUT2D eigenvalue weighted by atomic mass is 9.95. The van der Waals surface area contributed by atoms with E-state index in [4.69, 9.17) is 34.8 Å². The molecule has 0 spiro atoms. The van der Waals surface area contributed by atoms with E-state index in [2.05, 4.69) is 5.32 Å². The second kappa shape index (κ2) is 11.2. The topological polar surface area (TPSA) is 49.4 Å². The van der Waals surface area contributed by atoms with E-state index in [1.807, 2.05) is 12.1 Å². The van der Waals surface area contributed by atoms with Crippen molar-refractivity contribution in [3.63, 3.8) is 0 Å². The molecule has 2 amide bonds. The Morgan fingerprint density at radius 3 is 2.23 bits per heavy atom. The molecule has 1 unspecified atom stereocenters. The van der Waals surface area contributed by atoms with Crippen molar-refractivity contribution in [3.05, 3.63) is 68.7 Å². The zero-order valence-electron chi connectivity index (χ0n) is 17.5. The van der Waals surface area contributed by atoms with Gasteiger partial charge in [0.05, 0.1) is 6.42 Å². The van der Waals surface area contributed by atoms with Crippen molar-refractivity contribution in [2.24, 2.45) is 0 Å². The summed E-state index contributed by atoms with van der Waals surface area (Å²) in [6.07, 6.45) is 5.45. The Balaban J connectivity index is 1.79. The summed E-state index contributed by atoms with van der Waals surface area (Å²) in [6.45, 7) is 2.05. The number of nitrogens with one attached hydrogen (secondary N) is 1. The summed E-state index contributed by atoms with van der Waals surface area (Å²) in [7, 11) is 0. The predicted molar refractivity (Wildman–Crippen MR) is 127 cm³/mol. The van der Waals surface area contributed by atoms with Crippen molar-refractivity contribution in [3.8, 4) is 0 Å². The standard InChI is InChI=1S/C24H27Cl3N2O2/c1-16(24(31)28-19-6-3-2-4-7-19)29(15-17-10-12-18(25)13-11-17)23(30)14-20-21(26)8-5-9-22(20)27/h5,8-13,16,19H,2-4,6-7,14-15H2,1H3,(H,28,31). The van der Waals surface area contributed by atoms with Crippen LogP contribution in [0.1, 0.15) is 50.2 Å². The van der Waals surface area contributed by atoms with Crippen molar-refractivity contribution in [2.75, 3.05) is 0 Å². The van der Waals surface area contributed by atoms with Gasteiger partial charge in [0.25, 0.3) is 0 Å². The number of rotatable bonds is 7. The van der Waals surface area contributed by atoms with Crippen molar-refractivity contribution in [1.82, 2.24) is 10.2 Å². The van der Waals surface area contributed by atoms with Gasteiger partial charge in [-0.05, 0) is 55.2 Å². The number of amides is 2. The smallest absolute Gasteiger partial charge is 0.242 e. The van der Waals surface area contributed by atoms with Gasteiger partial charge in [-0.3, -0.25) is 9.59 Å². The fourth-order valence-electron chi connectivity index (χ4n) is 3.89. The summed E-state index contributed by atoms with van der Waals surface area (Å²) in [5, 5.41) is 4.62. The molecule has 0 saturated heterocycles.